The molecular formula is C8H7FN2. The number of hydrogen-bond donors (Lipinski definition) is 0. The minimum Gasteiger partial charge on any atom is -0.257 e. The predicted molar refractivity (Wildman–Crippen MR) is 38.3 cm³/mol. The Morgan fingerprint density at radius 3 is 2.82 bits per heavy atom. The monoisotopic (exact) mass is 150 g/mol. The molecule has 0 fully saturated rings. The second-order valence-electron chi connectivity index (χ2n) is 2.33. The molecule has 1 heterocycles. The smallest absolute Gasteiger partial charge is 0.234 e. The zero-order valence-corrected chi connectivity index (χ0v) is 6.08. The van der Waals surface area contributed by atoms with Crippen LogP contribution in [0.2, 0.25) is 0 Å². The van der Waals surface area contributed by atoms with E-state index in [0.717, 1.165) is 0 Å². The zero-order chi connectivity index (χ0) is 8.32. The van der Waals surface area contributed by atoms with Crippen LogP contribution < -0.4 is 0 Å². The highest BCUT2D eigenvalue weighted by Crippen LogP contribution is 2.21. The summed E-state index contributed by atoms with van der Waals surface area (Å²) in [5.74, 6) is 0. The van der Waals surface area contributed by atoms with Crippen LogP contribution in [0.3, 0.4) is 0 Å². The van der Waals surface area contributed by atoms with E-state index in [1.807, 2.05) is 0 Å². The first-order valence-corrected chi connectivity index (χ1v) is 3.18. The third-order valence-electron chi connectivity index (χ3n) is 1.36. The highest BCUT2D eigenvalue weighted by molar-refractivity contribution is 5.19. The van der Waals surface area contributed by atoms with Crippen molar-refractivity contribution in [2.45, 2.75) is 12.6 Å². The van der Waals surface area contributed by atoms with Crippen LogP contribution >= 0.6 is 0 Å². The van der Waals surface area contributed by atoms with E-state index in [2.05, 4.69) is 4.98 Å². The van der Waals surface area contributed by atoms with Gasteiger partial charge in [-0.15, -0.1) is 0 Å². The largest absolute Gasteiger partial charge is 0.257 e. The van der Waals surface area contributed by atoms with Crippen LogP contribution in [0, 0.1) is 11.3 Å². The molecule has 0 saturated carbocycles. The first-order valence-electron chi connectivity index (χ1n) is 3.18. The van der Waals surface area contributed by atoms with Crippen molar-refractivity contribution < 1.29 is 4.39 Å². The van der Waals surface area contributed by atoms with Crippen LogP contribution in [-0.4, -0.2) is 4.98 Å². The third-order valence-corrected chi connectivity index (χ3v) is 1.36. The van der Waals surface area contributed by atoms with Gasteiger partial charge in [0, 0.05) is 6.20 Å². The average Bonchev–Trinajstić information content (AvgIpc) is 2.06. The molecule has 2 nitrogen and oxygen atoms in total. The quantitative estimate of drug-likeness (QED) is 0.611. The van der Waals surface area contributed by atoms with Crippen molar-refractivity contribution in [3.05, 3.63) is 30.1 Å². The Morgan fingerprint density at radius 1 is 1.64 bits per heavy atom. The molecule has 11 heavy (non-hydrogen) atoms. The number of nitrogens with zero attached hydrogens (tertiary/aromatic N) is 2. The van der Waals surface area contributed by atoms with E-state index < -0.39 is 5.67 Å². The van der Waals surface area contributed by atoms with Crippen molar-refractivity contribution in [2.75, 3.05) is 0 Å². The lowest BCUT2D eigenvalue weighted by atomic mass is 10.1. The zero-order valence-electron chi connectivity index (χ0n) is 6.08. The van der Waals surface area contributed by atoms with E-state index in [1.54, 1.807) is 12.1 Å². The summed E-state index contributed by atoms with van der Waals surface area (Å²) < 4.78 is 13.1. The lowest BCUT2D eigenvalue weighted by Crippen LogP contribution is -2.13. The minimum atomic E-state index is -1.97. The Labute approximate surface area is 64.3 Å². The number of aromatic nitrogens is 1. The van der Waals surface area contributed by atoms with Gasteiger partial charge in [-0.05, 0) is 19.1 Å². The standard InChI is InChI=1S/C8H7FN2/c1-8(9,6-10)7-4-2-3-5-11-7/h2-5H,1H3/t8-/m1/s1. The van der Waals surface area contributed by atoms with Gasteiger partial charge in [0.05, 0.1) is 5.69 Å². The summed E-state index contributed by atoms with van der Waals surface area (Å²) in [6.07, 6.45) is 1.46. The molecule has 0 spiro atoms. The maximum atomic E-state index is 13.1. The van der Waals surface area contributed by atoms with E-state index in [0.29, 0.717) is 0 Å². The first kappa shape index (κ1) is 7.67. The van der Waals surface area contributed by atoms with Gasteiger partial charge in [-0.25, -0.2) is 4.39 Å². The maximum absolute atomic E-state index is 13.1. The van der Waals surface area contributed by atoms with Crippen LogP contribution in [-0.2, 0) is 5.67 Å². The average molecular weight is 150 g/mol. The maximum Gasteiger partial charge on any atom is 0.234 e. The Kier molecular flexibility index (Phi) is 1.86. The summed E-state index contributed by atoms with van der Waals surface area (Å²) in [6.45, 7) is 1.19. The van der Waals surface area contributed by atoms with Crippen LogP contribution in [0.25, 0.3) is 0 Å². The van der Waals surface area contributed by atoms with Crippen molar-refractivity contribution in [3.63, 3.8) is 0 Å². The van der Waals surface area contributed by atoms with Crippen molar-refractivity contribution in [3.8, 4) is 6.07 Å². The van der Waals surface area contributed by atoms with Crippen LogP contribution in [0.4, 0.5) is 4.39 Å². The number of alkyl halides is 1. The summed E-state index contributed by atoms with van der Waals surface area (Å²) >= 11 is 0. The Balaban J connectivity index is 3.05. The topological polar surface area (TPSA) is 36.7 Å². The summed E-state index contributed by atoms with van der Waals surface area (Å²) in [7, 11) is 0. The molecule has 0 bridgehead atoms. The molecule has 0 aliphatic carbocycles. The Hall–Kier alpha value is -1.43. The lowest BCUT2D eigenvalue weighted by Gasteiger charge is -2.08. The second kappa shape index (κ2) is 2.67. The summed E-state index contributed by atoms with van der Waals surface area (Å²) in [5.41, 5.74) is -1.82. The van der Waals surface area contributed by atoms with Gasteiger partial charge in [0.2, 0.25) is 5.67 Å². The molecule has 0 aliphatic heterocycles. The van der Waals surface area contributed by atoms with E-state index in [-0.39, 0.29) is 5.69 Å². The van der Waals surface area contributed by atoms with Gasteiger partial charge in [-0.1, -0.05) is 6.07 Å². The fourth-order valence-corrected chi connectivity index (χ4v) is 0.698. The number of rotatable bonds is 1. The Bertz CT molecular complexity index is 274. The van der Waals surface area contributed by atoms with Crippen molar-refractivity contribution in [1.82, 2.24) is 4.98 Å². The predicted octanol–water partition coefficient (Wildman–Crippen LogP) is 1.79. The summed E-state index contributed by atoms with van der Waals surface area (Å²) in [5, 5.41) is 8.38. The fraction of sp³-hybridized carbons (Fsp3) is 0.250. The Morgan fingerprint density at radius 2 is 2.36 bits per heavy atom. The van der Waals surface area contributed by atoms with Gasteiger partial charge < -0.3 is 0 Å². The van der Waals surface area contributed by atoms with Crippen LogP contribution in [0.1, 0.15) is 12.6 Å². The summed E-state index contributed by atoms with van der Waals surface area (Å²) in [4.78, 5) is 3.72. The van der Waals surface area contributed by atoms with Crippen LogP contribution in [0.15, 0.2) is 24.4 Å². The fourth-order valence-electron chi connectivity index (χ4n) is 0.698. The van der Waals surface area contributed by atoms with Crippen molar-refractivity contribution in [2.24, 2.45) is 0 Å². The molecule has 1 aromatic heterocycles. The molecule has 1 rings (SSSR count). The van der Waals surface area contributed by atoms with Gasteiger partial charge in [-0.3, -0.25) is 4.98 Å². The van der Waals surface area contributed by atoms with Gasteiger partial charge in [0.15, 0.2) is 0 Å². The number of nitriles is 1. The molecule has 0 amide bonds. The highest BCUT2D eigenvalue weighted by atomic mass is 19.1. The minimum absolute atomic E-state index is 0.155. The molecule has 56 valence electrons. The van der Waals surface area contributed by atoms with E-state index in [1.165, 1.54) is 25.3 Å². The van der Waals surface area contributed by atoms with Crippen molar-refractivity contribution in [1.29, 1.82) is 5.26 Å². The van der Waals surface area contributed by atoms with E-state index in [9.17, 15) is 4.39 Å². The van der Waals surface area contributed by atoms with Crippen molar-refractivity contribution >= 4 is 0 Å². The molecule has 0 N–H and O–H groups in total. The first-order chi connectivity index (χ1) is 5.17. The van der Waals surface area contributed by atoms with Crippen LogP contribution in [0.5, 0.6) is 0 Å². The lowest BCUT2D eigenvalue weighted by molar-refractivity contribution is 0.266. The highest BCUT2D eigenvalue weighted by Gasteiger charge is 2.25. The number of halogens is 1. The normalized spacial score (nSPS) is 15.0. The van der Waals surface area contributed by atoms with E-state index in [4.69, 9.17) is 5.26 Å². The number of hydrogen-bond acceptors (Lipinski definition) is 2. The molecule has 0 saturated heterocycles. The van der Waals surface area contributed by atoms with E-state index >= 15 is 0 Å². The molecule has 1 atom stereocenters. The van der Waals surface area contributed by atoms with Gasteiger partial charge in [-0.2, -0.15) is 5.26 Å². The summed E-state index contributed by atoms with van der Waals surface area (Å²) in [6, 6.07) is 6.35. The molecule has 0 radical (unpaired) electrons. The molecule has 1 aromatic rings. The van der Waals surface area contributed by atoms with Gasteiger partial charge >= 0.3 is 0 Å². The number of pyridine rings is 1. The molecule has 3 heteroatoms. The molecule has 0 unspecified atom stereocenters. The van der Waals surface area contributed by atoms with Gasteiger partial charge in [0.25, 0.3) is 0 Å². The molecule has 0 aliphatic rings. The molecular weight excluding hydrogens is 143 g/mol. The SMILES string of the molecule is C[C@@](F)(C#N)c1ccccn1. The third kappa shape index (κ3) is 1.53. The van der Waals surface area contributed by atoms with Gasteiger partial charge in [0.1, 0.15) is 6.07 Å². The second-order valence-corrected chi connectivity index (χ2v) is 2.33. The molecule has 0 aromatic carbocycles.